The molecule has 0 aromatic rings. The third kappa shape index (κ3) is 2.37. The Balaban J connectivity index is 2.04. The van der Waals surface area contributed by atoms with Crippen molar-refractivity contribution in [3.8, 4) is 0 Å². The first kappa shape index (κ1) is 12.6. The minimum absolute atomic E-state index is 0.0341. The van der Waals surface area contributed by atoms with E-state index in [1.54, 1.807) is 0 Å². The summed E-state index contributed by atoms with van der Waals surface area (Å²) < 4.78 is 0. The summed E-state index contributed by atoms with van der Waals surface area (Å²) in [6.07, 6.45) is 2.76. The van der Waals surface area contributed by atoms with E-state index in [2.05, 4.69) is 19.2 Å². The van der Waals surface area contributed by atoms with Gasteiger partial charge in [0.25, 0.3) is 0 Å². The van der Waals surface area contributed by atoms with Gasteiger partial charge in [0.1, 0.15) is 0 Å². The van der Waals surface area contributed by atoms with Crippen LogP contribution in [0.5, 0.6) is 0 Å². The van der Waals surface area contributed by atoms with Crippen molar-refractivity contribution in [1.82, 2.24) is 10.2 Å². The van der Waals surface area contributed by atoms with Crippen LogP contribution in [-0.2, 0) is 9.59 Å². The van der Waals surface area contributed by atoms with Crippen LogP contribution < -0.4 is 5.32 Å². The average Bonchev–Trinajstić information content (AvgIpc) is 2.95. The van der Waals surface area contributed by atoms with E-state index in [4.69, 9.17) is 0 Å². The summed E-state index contributed by atoms with van der Waals surface area (Å²) in [6.45, 7) is 8.01. The second-order valence-corrected chi connectivity index (χ2v) is 6.09. The quantitative estimate of drug-likeness (QED) is 0.751. The number of nitrogens with one attached hydrogen (secondary N) is 1. The Hall–Kier alpha value is -0.900. The van der Waals surface area contributed by atoms with Crippen LogP contribution in [0.2, 0.25) is 0 Å². The molecule has 4 nitrogen and oxygen atoms in total. The molecule has 1 saturated heterocycles. The molecule has 1 N–H and O–H groups in total. The number of amides is 2. The van der Waals surface area contributed by atoms with E-state index in [0.717, 1.165) is 0 Å². The maximum absolute atomic E-state index is 12.1. The van der Waals surface area contributed by atoms with Crippen LogP contribution in [0.15, 0.2) is 0 Å². The van der Waals surface area contributed by atoms with Gasteiger partial charge >= 0.3 is 0 Å². The lowest BCUT2D eigenvalue weighted by Gasteiger charge is -2.29. The third-order valence-corrected chi connectivity index (χ3v) is 3.84. The molecule has 96 valence electrons. The molecule has 2 rings (SSSR count). The normalized spacial score (nSPS) is 26.2. The summed E-state index contributed by atoms with van der Waals surface area (Å²) in [7, 11) is 0. The van der Waals surface area contributed by atoms with Crippen LogP contribution in [-0.4, -0.2) is 34.3 Å². The molecule has 2 fully saturated rings. The van der Waals surface area contributed by atoms with Gasteiger partial charge in [-0.05, 0) is 46.5 Å². The number of hydrogen-bond acceptors (Lipinski definition) is 3. The van der Waals surface area contributed by atoms with Gasteiger partial charge in [-0.3, -0.25) is 14.5 Å². The number of carbonyl (C=O) groups excluding carboxylic acids is 2. The fourth-order valence-electron chi connectivity index (χ4n) is 2.68. The van der Waals surface area contributed by atoms with Crippen LogP contribution >= 0.6 is 0 Å². The van der Waals surface area contributed by atoms with Crippen LogP contribution in [0.1, 0.15) is 47.0 Å². The zero-order chi connectivity index (χ0) is 12.8. The highest BCUT2D eigenvalue weighted by Crippen LogP contribution is 2.39. The van der Waals surface area contributed by atoms with Gasteiger partial charge in [0.05, 0.1) is 12.5 Å². The minimum atomic E-state index is -0.319. The Kier molecular flexibility index (Phi) is 3.02. The first-order chi connectivity index (χ1) is 7.83. The lowest BCUT2D eigenvalue weighted by Crippen LogP contribution is -2.51. The molecule has 0 bridgehead atoms. The second kappa shape index (κ2) is 4.09. The Morgan fingerprint density at radius 3 is 2.29 bits per heavy atom. The topological polar surface area (TPSA) is 49.4 Å². The number of hydrogen-bond donors (Lipinski definition) is 1. The molecule has 4 heteroatoms. The molecule has 0 aromatic heterocycles. The largest absolute Gasteiger partial charge is 0.300 e. The molecular weight excluding hydrogens is 216 g/mol. The van der Waals surface area contributed by atoms with E-state index in [1.807, 2.05) is 13.8 Å². The zero-order valence-corrected chi connectivity index (χ0v) is 11.1. The SMILES string of the molecule is CC(C)N1C(=O)CC(NC(C)(C)C2CC2)C1=O. The molecule has 1 aliphatic heterocycles. The molecule has 0 aromatic carbocycles. The van der Waals surface area contributed by atoms with Gasteiger partial charge in [0.2, 0.25) is 11.8 Å². The van der Waals surface area contributed by atoms with Crippen LogP contribution in [0.3, 0.4) is 0 Å². The molecule has 1 unspecified atom stereocenters. The van der Waals surface area contributed by atoms with Crippen molar-refractivity contribution in [2.24, 2.45) is 5.92 Å². The summed E-state index contributed by atoms with van der Waals surface area (Å²) in [6, 6.07) is -0.355. The lowest BCUT2D eigenvalue weighted by atomic mass is 9.97. The predicted molar refractivity (Wildman–Crippen MR) is 65.3 cm³/mol. The third-order valence-electron chi connectivity index (χ3n) is 3.84. The van der Waals surface area contributed by atoms with Crippen molar-refractivity contribution in [3.63, 3.8) is 0 Å². The number of likely N-dealkylation sites (tertiary alicyclic amines) is 1. The number of carbonyl (C=O) groups is 2. The second-order valence-electron chi connectivity index (χ2n) is 6.09. The van der Waals surface area contributed by atoms with Crippen molar-refractivity contribution in [2.45, 2.75) is 64.6 Å². The first-order valence-corrected chi connectivity index (χ1v) is 6.46. The fourth-order valence-corrected chi connectivity index (χ4v) is 2.68. The van der Waals surface area contributed by atoms with Crippen LogP contribution in [0, 0.1) is 5.92 Å². The van der Waals surface area contributed by atoms with E-state index < -0.39 is 0 Å². The smallest absolute Gasteiger partial charge is 0.247 e. The van der Waals surface area contributed by atoms with Crippen molar-refractivity contribution in [3.05, 3.63) is 0 Å². The first-order valence-electron chi connectivity index (χ1n) is 6.46. The van der Waals surface area contributed by atoms with Crippen molar-refractivity contribution >= 4 is 11.8 Å². The number of nitrogens with zero attached hydrogens (tertiary/aromatic N) is 1. The Morgan fingerprint density at radius 2 is 1.88 bits per heavy atom. The summed E-state index contributed by atoms with van der Waals surface area (Å²) in [5.74, 6) is 0.548. The summed E-state index contributed by atoms with van der Waals surface area (Å²) in [5.41, 5.74) is -0.0341. The van der Waals surface area contributed by atoms with Crippen LogP contribution in [0.25, 0.3) is 0 Å². The van der Waals surface area contributed by atoms with Gasteiger partial charge in [-0.1, -0.05) is 0 Å². The van der Waals surface area contributed by atoms with Crippen LogP contribution in [0.4, 0.5) is 0 Å². The minimum Gasteiger partial charge on any atom is -0.300 e. The van der Waals surface area contributed by atoms with Gasteiger partial charge in [-0.25, -0.2) is 0 Å². The Bertz CT molecular complexity index is 345. The molecule has 0 radical (unpaired) electrons. The summed E-state index contributed by atoms with van der Waals surface area (Å²) >= 11 is 0. The van der Waals surface area contributed by atoms with Gasteiger partial charge in [0, 0.05) is 11.6 Å². The highest BCUT2D eigenvalue weighted by Gasteiger charge is 2.45. The maximum Gasteiger partial charge on any atom is 0.247 e. The molecule has 2 aliphatic rings. The van der Waals surface area contributed by atoms with Crippen molar-refractivity contribution in [2.75, 3.05) is 0 Å². The van der Waals surface area contributed by atoms with Gasteiger partial charge in [-0.15, -0.1) is 0 Å². The van der Waals surface area contributed by atoms with Crippen molar-refractivity contribution < 1.29 is 9.59 Å². The van der Waals surface area contributed by atoms with Gasteiger partial charge < -0.3 is 5.32 Å². The molecule has 1 atom stereocenters. The molecule has 0 spiro atoms. The zero-order valence-electron chi connectivity index (χ0n) is 11.1. The average molecular weight is 238 g/mol. The molecule has 17 heavy (non-hydrogen) atoms. The standard InChI is InChI=1S/C13H22N2O2/c1-8(2)15-11(16)7-10(12(15)17)14-13(3,4)9-5-6-9/h8-10,14H,5-7H2,1-4H3. The van der Waals surface area contributed by atoms with Crippen molar-refractivity contribution in [1.29, 1.82) is 0 Å². The molecule has 1 saturated carbocycles. The highest BCUT2D eigenvalue weighted by atomic mass is 16.2. The Labute approximate surface area is 103 Å². The Morgan fingerprint density at radius 1 is 1.29 bits per heavy atom. The van der Waals surface area contributed by atoms with Gasteiger partial charge in [0.15, 0.2) is 0 Å². The summed E-state index contributed by atoms with van der Waals surface area (Å²) in [4.78, 5) is 25.3. The molecule has 1 aliphatic carbocycles. The van der Waals surface area contributed by atoms with E-state index >= 15 is 0 Å². The van der Waals surface area contributed by atoms with E-state index in [9.17, 15) is 9.59 Å². The lowest BCUT2D eigenvalue weighted by molar-refractivity contribution is -0.140. The monoisotopic (exact) mass is 238 g/mol. The maximum atomic E-state index is 12.1. The number of rotatable bonds is 4. The van der Waals surface area contributed by atoms with Gasteiger partial charge in [-0.2, -0.15) is 0 Å². The van der Waals surface area contributed by atoms with E-state index in [1.165, 1.54) is 17.7 Å². The molecular formula is C13H22N2O2. The van der Waals surface area contributed by atoms with E-state index in [-0.39, 0.29) is 29.4 Å². The fraction of sp³-hybridized carbons (Fsp3) is 0.846. The molecule has 1 heterocycles. The highest BCUT2D eigenvalue weighted by molar-refractivity contribution is 6.05. The number of imide groups is 1. The summed E-state index contributed by atoms with van der Waals surface area (Å²) in [5, 5.41) is 3.37. The predicted octanol–water partition coefficient (Wildman–Crippen LogP) is 1.30. The molecule has 2 amide bonds. The van der Waals surface area contributed by atoms with E-state index in [0.29, 0.717) is 12.3 Å².